The molecule has 4 rings (SSSR count). The number of benzene rings is 1. The highest BCUT2D eigenvalue weighted by molar-refractivity contribution is 6.14. The number of nitrogens with one attached hydrogen (secondary N) is 1. The molecule has 1 aromatic rings. The van der Waals surface area contributed by atoms with Crippen molar-refractivity contribution < 1.29 is 9.13 Å². The van der Waals surface area contributed by atoms with Crippen LogP contribution in [0.25, 0.3) is 0 Å². The highest BCUT2D eigenvalue weighted by Crippen LogP contribution is 2.31. The fourth-order valence-electron chi connectivity index (χ4n) is 4.16. The summed E-state index contributed by atoms with van der Waals surface area (Å²) in [6.07, 6.45) is 17.1. The molecule has 3 heterocycles. The van der Waals surface area contributed by atoms with E-state index in [-0.39, 0.29) is 5.82 Å². The van der Waals surface area contributed by atoms with Crippen molar-refractivity contribution in [2.75, 3.05) is 13.2 Å². The Hall–Kier alpha value is -3.41. The van der Waals surface area contributed by atoms with E-state index in [2.05, 4.69) is 31.3 Å². The molecule has 1 N–H and O–H groups in total. The van der Waals surface area contributed by atoms with Crippen LogP contribution in [-0.4, -0.2) is 29.8 Å². The fourth-order valence-corrected chi connectivity index (χ4v) is 4.16. The van der Waals surface area contributed by atoms with Gasteiger partial charge in [0, 0.05) is 42.1 Å². The SMILES string of the molecule is C\C=C/C=C(C1=CN=C(NCc2c(F)ccc3c2CCO3)N2C=CCN=C12)\C(C)=C\CCC. The first-order chi connectivity index (χ1) is 16.1. The molecule has 5 nitrogen and oxygen atoms in total. The Bertz CT molecular complexity index is 1120. The minimum atomic E-state index is -0.226. The molecule has 0 amide bonds. The summed E-state index contributed by atoms with van der Waals surface area (Å²) >= 11 is 0. The van der Waals surface area contributed by atoms with Gasteiger partial charge < -0.3 is 10.1 Å². The average molecular weight is 447 g/mol. The van der Waals surface area contributed by atoms with Crippen LogP contribution in [0.2, 0.25) is 0 Å². The Morgan fingerprint density at radius 2 is 2.21 bits per heavy atom. The second kappa shape index (κ2) is 10.5. The lowest BCUT2D eigenvalue weighted by molar-refractivity contribution is 0.356. The van der Waals surface area contributed by atoms with Crippen LogP contribution in [0.5, 0.6) is 5.75 Å². The molecule has 0 atom stereocenters. The maximum atomic E-state index is 14.6. The largest absolute Gasteiger partial charge is 0.493 e. The number of nitrogens with zero attached hydrogens (tertiary/aromatic N) is 3. The van der Waals surface area contributed by atoms with Gasteiger partial charge in [0.25, 0.3) is 0 Å². The Morgan fingerprint density at radius 3 is 3.03 bits per heavy atom. The van der Waals surface area contributed by atoms with Crippen LogP contribution in [-0.2, 0) is 13.0 Å². The third-order valence-corrected chi connectivity index (χ3v) is 5.89. The lowest BCUT2D eigenvalue weighted by Crippen LogP contribution is -2.45. The summed E-state index contributed by atoms with van der Waals surface area (Å²) in [7, 11) is 0. The maximum absolute atomic E-state index is 14.6. The van der Waals surface area contributed by atoms with Crippen molar-refractivity contribution in [1.29, 1.82) is 0 Å². The summed E-state index contributed by atoms with van der Waals surface area (Å²) in [4.78, 5) is 11.5. The molecule has 0 saturated heterocycles. The molecule has 0 spiro atoms. The van der Waals surface area contributed by atoms with E-state index in [4.69, 9.17) is 14.7 Å². The zero-order valence-electron chi connectivity index (χ0n) is 19.6. The van der Waals surface area contributed by atoms with Gasteiger partial charge in [-0.15, -0.1) is 0 Å². The number of guanidine groups is 1. The zero-order chi connectivity index (χ0) is 23.2. The van der Waals surface area contributed by atoms with Crippen LogP contribution >= 0.6 is 0 Å². The van der Waals surface area contributed by atoms with Gasteiger partial charge in [0.1, 0.15) is 17.4 Å². The highest BCUT2D eigenvalue weighted by atomic mass is 19.1. The van der Waals surface area contributed by atoms with Crippen LogP contribution in [0.4, 0.5) is 4.39 Å². The minimum absolute atomic E-state index is 0.226. The lowest BCUT2D eigenvalue weighted by Gasteiger charge is -2.31. The number of amidine groups is 1. The molecule has 0 bridgehead atoms. The van der Waals surface area contributed by atoms with Crippen molar-refractivity contribution in [3.8, 4) is 5.75 Å². The van der Waals surface area contributed by atoms with Crippen molar-refractivity contribution >= 4 is 11.8 Å². The molecule has 0 fully saturated rings. The molecule has 3 aliphatic rings. The minimum Gasteiger partial charge on any atom is -0.493 e. The third kappa shape index (κ3) is 4.85. The van der Waals surface area contributed by atoms with E-state index in [1.165, 1.54) is 11.6 Å². The molecule has 3 aliphatic heterocycles. The second-order valence-corrected chi connectivity index (χ2v) is 8.15. The van der Waals surface area contributed by atoms with Crippen LogP contribution in [0, 0.1) is 5.82 Å². The first kappa shape index (κ1) is 22.8. The molecule has 0 aliphatic carbocycles. The summed E-state index contributed by atoms with van der Waals surface area (Å²) in [5.74, 6) is 2.02. The number of ether oxygens (including phenoxy) is 1. The summed E-state index contributed by atoms with van der Waals surface area (Å²) in [6, 6.07) is 3.18. The molecule has 0 radical (unpaired) electrons. The monoisotopic (exact) mass is 446 g/mol. The van der Waals surface area contributed by atoms with Gasteiger partial charge in [-0.25, -0.2) is 9.38 Å². The topological polar surface area (TPSA) is 49.2 Å². The number of rotatable bonds is 7. The van der Waals surface area contributed by atoms with Crippen LogP contribution in [0.3, 0.4) is 0 Å². The molecule has 6 heteroatoms. The quantitative estimate of drug-likeness (QED) is 0.556. The first-order valence-electron chi connectivity index (χ1n) is 11.6. The van der Waals surface area contributed by atoms with Crippen LogP contribution in [0.15, 0.2) is 81.6 Å². The van der Waals surface area contributed by atoms with E-state index in [1.807, 2.05) is 42.5 Å². The van der Waals surface area contributed by atoms with Gasteiger partial charge in [0.2, 0.25) is 5.96 Å². The van der Waals surface area contributed by atoms with Gasteiger partial charge in [0.15, 0.2) is 0 Å². The molecule has 1 aromatic carbocycles. The zero-order valence-corrected chi connectivity index (χ0v) is 19.6. The van der Waals surface area contributed by atoms with E-state index >= 15 is 0 Å². The van der Waals surface area contributed by atoms with Gasteiger partial charge in [-0.3, -0.25) is 9.89 Å². The smallest absolute Gasteiger partial charge is 0.208 e. The fraction of sp³-hybridized carbons (Fsp3) is 0.333. The summed E-state index contributed by atoms with van der Waals surface area (Å²) < 4.78 is 20.2. The Labute approximate surface area is 195 Å². The van der Waals surface area contributed by atoms with E-state index < -0.39 is 0 Å². The van der Waals surface area contributed by atoms with Crippen molar-refractivity contribution in [1.82, 2.24) is 10.2 Å². The summed E-state index contributed by atoms with van der Waals surface area (Å²) in [6.45, 7) is 7.85. The number of aliphatic imine (C=N–C) groups is 2. The number of allylic oxidation sites excluding steroid dienone is 5. The molecule has 0 saturated carbocycles. The van der Waals surface area contributed by atoms with Gasteiger partial charge >= 0.3 is 0 Å². The van der Waals surface area contributed by atoms with Gasteiger partial charge in [0.05, 0.1) is 13.2 Å². The number of hydrogen-bond donors (Lipinski definition) is 1. The molecule has 0 aromatic heterocycles. The average Bonchev–Trinajstić information content (AvgIpc) is 3.32. The predicted molar refractivity (Wildman–Crippen MR) is 133 cm³/mol. The molecule has 0 unspecified atom stereocenters. The maximum Gasteiger partial charge on any atom is 0.208 e. The Morgan fingerprint density at radius 1 is 1.33 bits per heavy atom. The standard InChI is InChI=1S/C27H31FN4O/c1-4-6-9-19(3)20(10-7-5-2)23-18-31-27(32-15-8-14-29-26(23)32)30-17-22-21-13-16-33-25(21)12-11-24(22)28/h5,7-12,15,18H,4,6,13-14,16-17H2,1-3H3,(H,30,31)/b7-5-,19-9+,20-10+. The molecular weight excluding hydrogens is 415 g/mol. The summed E-state index contributed by atoms with van der Waals surface area (Å²) in [5.41, 5.74) is 4.85. The van der Waals surface area contributed by atoms with Crippen LogP contribution in [0.1, 0.15) is 44.7 Å². The van der Waals surface area contributed by atoms with Gasteiger partial charge in [-0.2, -0.15) is 0 Å². The number of hydrogen-bond acceptors (Lipinski definition) is 5. The van der Waals surface area contributed by atoms with Gasteiger partial charge in [-0.05, 0) is 49.6 Å². The molecule has 172 valence electrons. The van der Waals surface area contributed by atoms with Crippen molar-refractivity contribution in [2.45, 2.75) is 46.6 Å². The van der Waals surface area contributed by atoms with E-state index in [0.29, 0.717) is 31.2 Å². The summed E-state index contributed by atoms with van der Waals surface area (Å²) in [5, 5.41) is 3.33. The first-order valence-corrected chi connectivity index (χ1v) is 11.6. The third-order valence-electron chi connectivity index (χ3n) is 5.89. The predicted octanol–water partition coefficient (Wildman–Crippen LogP) is 5.58. The normalized spacial score (nSPS) is 17.9. The van der Waals surface area contributed by atoms with Crippen LogP contribution < -0.4 is 10.1 Å². The van der Waals surface area contributed by atoms with E-state index in [0.717, 1.165) is 47.6 Å². The highest BCUT2D eigenvalue weighted by Gasteiger charge is 2.27. The number of fused-ring (bicyclic) bond motifs is 2. The number of unbranched alkanes of at least 4 members (excludes halogenated alkanes) is 1. The Kier molecular flexibility index (Phi) is 7.23. The molecule has 33 heavy (non-hydrogen) atoms. The lowest BCUT2D eigenvalue weighted by atomic mass is 9.95. The second-order valence-electron chi connectivity index (χ2n) is 8.15. The van der Waals surface area contributed by atoms with Crippen molar-refractivity contribution in [2.24, 2.45) is 9.98 Å². The van der Waals surface area contributed by atoms with E-state index in [9.17, 15) is 4.39 Å². The van der Waals surface area contributed by atoms with Gasteiger partial charge in [-0.1, -0.05) is 37.6 Å². The molecular formula is C27H31FN4O. The number of halogens is 1. The van der Waals surface area contributed by atoms with E-state index in [1.54, 1.807) is 6.07 Å². The van der Waals surface area contributed by atoms with Crippen molar-refractivity contribution in [3.05, 3.63) is 88.6 Å². The van der Waals surface area contributed by atoms with Crippen molar-refractivity contribution in [3.63, 3.8) is 0 Å². The Balaban J connectivity index is 1.65.